The summed E-state index contributed by atoms with van der Waals surface area (Å²) in [4.78, 5) is 0. The fourth-order valence-electron chi connectivity index (χ4n) is 0.726. The molecule has 0 heterocycles. The third-order valence-electron chi connectivity index (χ3n) is 1.16. The van der Waals surface area contributed by atoms with Crippen LogP contribution in [0.5, 0.6) is 5.75 Å². The molecule has 1 nitrogen and oxygen atoms in total. The van der Waals surface area contributed by atoms with Gasteiger partial charge in [-0.3, -0.25) is 0 Å². The summed E-state index contributed by atoms with van der Waals surface area (Å²) in [5, 5.41) is 0. The van der Waals surface area contributed by atoms with Gasteiger partial charge < -0.3 is 4.74 Å². The lowest BCUT2D eigenvalue weighted by Crippen LogP contribution is -2.17. The predicted octanol–water partition coefficient (Wildman–Crippen LogP) is 2.37. The topological polar surface area (TPSA) is 9.23 Å². The number of alkyl halides is 3. The third kappa shape index (κ3) is 3.08. The molecule has 0 N–H and O–H groups in total. The van der Waals surface area contributed by atoms with E-state index in [9.17, 15) is 13.2 Å². The summed E-state index contributed by atoms with van der Waals surface area (Å²) in [5.41, 5.74) is 0.293. The van der Waals surface area contributed by atoms with E-state index in [4.69, 9.17) is 6.42 Å². The van der Waals surface area contributed by atoms with Crippen molar-refractivity contribution >= 4 is 0 Å². The van der Waals surface area contributed by atoms with E-state index in [1.807, 2.05) is 0 Å². The maximum Gasteiger partial charge on any atom is 0.573 e. The van der Waals surface area contributed by atoms with Crippen LogP contribution >= 0.6 is 0 Å². The number of rotatable bonds is 1. The van der Waals surface area contributed by atoms with Crippen molar-refractivity contribution in [3.8, 4) is 18.1 Å². The standard InChI is InChI=1S/C9H4F3O/c1-2-7-4-3-5-8(6-7)13-9(10,11)12/h1,4-6H. The smallest absolute Gasteiger partial charge is 0.406 e. The lowest BCUT2D eigenvalue weighted by Gasteiger charge is -2.08. The molecule has 0 aliphatic heterocycles. The maximum absolute atomic E-state index is 11.7. The Kier molecular flexibility index (Phi) is 2.47. The second kappa shape index (κ2) is 3.40. The maximum atomic E-state index is 11.7. The van der Waals surface area contributed by atoms with Crippen LogP contribution < -0.4 is 4.74 Å². The Morgan fingerprint density at radius 1 is 1.38 bits per heavy atom. The summed E-state index contributed by atoms with van der Waals surface area (Å²) in [5.74, 6) is 1.82. The lowest BCUT2D eigenvalue weighted by molar-refractivity contribution is -0.274. The van der Waals surface area contributed by atoms with Gasteiger partial charge in [0.2, 0.25) is 0 Å². The molecule has 13 heavy (non-hydrogen) atoms. The van der Waals surface area contributed by atoms with Gasteiger partial charge >= 0.3 is 6.36 Å². The number of benzene rings is 1. The second-order valence-corrected chi connectivity index (χ2v) is 2.15. The van der Waals surface area contributed by atoms with Crippen molar-refractivity contribution in [2.75, 3.05) is 0 Å². The van der Waals surface area contributed by atoms with Gasteiger partial charge in [0.25, 0.3) is 0 Å². The van der Waals surface area contributed by atoms with Crippen molar-refractivity contribution in [2.45, 2.75) is 6.36 Å². The largest absolute Gasteiger partial charge is 0.573 e. The molecular weight excluding hydrogens is 181 g/mol. The monoisotopic (exact) mass is 185 g/mol. The first kappa shape index (κ1) is 9.46. The fourth-order valence-corrected chi connectivity index (χ4v) is 0.726. The first-order valence-electron chi connectivity index (χ1n) is 3.25. The van der Waals surface area contributed by atoms with E-state index in [1.165, 1.54) is 6.07 Å². The van der Waals surface area contributed by atoms with Crippen molar-refractivity contribution in [2.24, 2.45) is 0 Å². The van der Waals surface area contributed by atoms with Gasteiger partial charge in [0.15, 0.2) is 0 Å². The van der Waals surface area contributed by atoms with Gasteiger partial charge in [-0.15, -0.1) is 19.6 Å². The van der Waals surface area contributed by atoms with Crippen LogP contribution in [0.25, 0.3) is 0 Å². The van der Waals surface area contributed by atoms with E-state index in [2.05, 4.69) is 16.7 Å². The van der Waals surface area contributed by atoms with Crippen LogP contribution in [0.3, 0.4) is 0 Å². The molecule has 0 aliphatic rings. The van der Waals surface area contributed by atoms with Gasteiger partial charge in [-0.2, -0.15) is 0 Å². The van der Waals surface area contributed by atoms with E-state index in [-0.39, 0.29) is 5.75 Å². The number of hydrogen-bond donors (Lipinski definition) is 0. The molecule has 0 fully saturated rings. The first-order chi connectivity index (χ1) is 6.01. The molecule has 1 radical (unpaired) electrons. The zero-order chi connectivity index (χ0) is 9.90. The van der Waals surface area contributed by atoms with Gasteiger partial charge in [0.05, 0.1) is 0 Å². The molecule has 1 rings (SSSR count). The van der Waals surface area contributed by atoms with E-state index < -0.39 is 6.36 Å². The van der Waals surface area contributed by atoms with Crippen molar-refractivity contribution in [3.63, 3.8) is 0 Å². The Labute approximate surface area is 73.1 Å². The second-order valence-electron chi connectivity index (χ2n) is 2.15. The Balaban J connectivity index is 2.86. The highest BCUT2D eigenvalue weighted by Crippen LogP contribution is 2.22. The van der Waals surface area contributed by atoms with Crippen molar-refractivity contribution in [3.05, 3.63) is 29.8 Å². The number of terminal acetylenes is 1. The zero-order valence-electron chi connectivity index (χ0n) is 6.35. The highest BCUT2D eigenvalue weighted by molar-refractivity contribution is 5.37. The molecule has 4 heteroatoms. The number of ether oxygens (including phenoxy) is 1. The average molecular weight is 185 g/mol. The van der Waals surface area contributed by atoms with E-state index in [0.29, 0.717) is 5.56 Å². The number of hydrogen-bond acceptors (Lipinski definition) is 1. The van der Waals surface area contributed by atoms with E-state index in [1.54, 1.807) is 0 Å². The average Bonchev–Trinajstić information content (AvgIpc) is 2.01. The summed E-state index contributed by atoms with van der Waals surface area (Å²) >= 11 is 0. The molecule has 1 aromatic rings. The molecule has 0 spiro atoms. The summed E-state index contributed by atoms with van der Waals surface area (Å²) in [7, 11) is 0. The molecule has 67 valence electrons. The van der Waals surface area contributed by atoms with E-state index >= 15 is 0 Å². The Morgan fingerprint density at radius 3 is 2.62 bits per heavy atom. The predicted molar refractivity (Wildman–Crippen MR) is 39.9 cm³/mol. The Morgan fingerprint density at radius 2 is 2.08 bits per heavy atom. The SMILES string of the molecule is C#Cc1c[c]cc(OC(F)(F)F)c1. The minimum Gasteiger partial charge on any atom is -0.406 e. The Bertz CT molecular complexity index is 335. The molecule has 0 aliphatic carbocycles. The van der Waals surface area contributed by atoms with Crippen LogP contribution in [0, 0.1) is 18.4 Å². The van der Waals surface area contributed by atoms with Gasteiger partial charge in [0, 0.05) is 5.56 Å². The van der Waals surface area contributed by atoms with E-state index in [0.717, 1.165) is 12.1 Å². The molecule has 0 saturated carbocycles. The summed E-state index contributed by atoms with van der Waals surface area (Å²) in [6.45, 7) is 0. The van der Waals surface area contributed by atoms with Crippen LogP contribution in [0.2, 0.25) is 0 Å². The van der Waals surface area contributed by atoms with Gasteiger partial charge in [-0.25, -0.2) is 0 Å². The van der Waals surface area contributed by atoms with Crippen LogP contribution in [0.4, 0.5) is 13.2 Å². The zero-order valence-corrected chi connectivity index (χ0v) is 6.35. The molecule has 0 saturated heterocycles. The summed E-state index contributed by atoms with van der Waals surface area (Å²) in [6, 6.07) is 6.01. The van der Waals surface area contributed by atoms with Crippen LogP contribution in [0.15, 0.2) is 18.2 Å². The third-order valence-corrected chi connectivity index (χ3v) is 1.16. The molecule has 0 aromatic heterocycles. The van der Waals surface area contributed by atoms with Crippen LogP contribution in [0.1, 0.15) is 5.56 Å². The Hall–Kier alpha value is -1.63. The molecular formula is C9H4F3O. The molecule has 0 bridgehead atoms. The molecule has 1 aromatic carbocycles. The number of halogens is 3. The minimum atomic E-state index is -4.69. The molecule has 0 atom stereocenters. The van der Waals surface area contributed by atoms with Crippen LogP contribution in [-0.4, -0.2) is 6.36 Å². The van der Waals surface area contributed by atoms with Gasteiger partial charge in [0.1, 0.15) is 5.75 Å². The van der Waals surface area contributed by atoms with Crippen molar-refractivity contribution in [1.29, 1.82) is 0 Å². The van der Waals surface area contributed by atoms with Crippen molar-refractivity contribution in [1.82, 2.24) is 0 Å². The van der Waals surface area contributed by atoms with Crippen LogP contribution in [-0.2, 0) is 0 Å². The summed E-state index contributed by atoms with van der Waals surface area (Å²) < 4.78 is 38.7. The minimum absolute atomic E-state index is 0.293. The first-order valence-corrected chi connectivity index (χ1v) is 3.25. The lowest BCUT2D eigenvalue weighted by atomic mass is 10.2. The highest BCUT2D eigenvalue weighted by Gasteiger charge is 2.30. The molecule has 0 unspecified atom stereocenters. The summed E-state index contributed by atoms with van der Waals surface area (Å²) in [6.07, 6.45) is 0.282. The fraction of sp³-hybridized carbons (Fsp3) is 0.111. The molecule has 0 amide bonds. The van der Waals surface area contributed by atoms with Gasteiger partial charge in [-0.05, 0) is 24.3 Å². The van der Waals surface area contributed by atoms with Crippen molar-refractivity contribution < 1.29 is 17.9 Å². The quantitative estimate of drug-likeness (QED) is 0.610. The normalized spacial score (nSPS) is 10.6. The highest BCUT2D eigenvalue weighted by atomic mass is 19.4. The van der Waals surface area contributed by atoms with Gasteiger partial charge in [-0.1, -0.05) is 5.92 Å².